The van der Waals surface area contributed by atoms with Crippen molar-refractivity contribution >= 4 is 17.4 Å². The molecule has 1 aromatic carbocycles. The van der Waals surface area contributed by atoms with E-state index in [9.17, 15) is 0 Å². The van der Waals surface area contributed by atoms with Crippen LogP contribution in [0.5, 0.6) is 0 Å². The lowest BCUT2D eigenvalue weighted by Crippen LogP contribution is -1.94. The van der Waals surface area contributed by atoms with E-state index in [1.165, 1.54) is 16.0 Å². The molecule has 0 fully saturated rings. The minimum Gasteiger partial charge on any atom is -0.395 e. The van der Waals surface area contributed by atoms with Crippen LogP contribution in [0.1, 0.15) is 30.2 Å². The molecule has 0 atom stereocenters. The highest BCUT2D eigenvalue weighted by molar-refractivity contribution is 7.99. The van der Waals surface area contributed by atoms with Crippen LogP contribution in [0.25, 0.3) is 0 Å². The Morgan fingerprint density at radius 2 is 2.05 bits per heavy atom. The van der Waals surface area contributed by atoms with E-state index in [4.69, 9.17) is 5.73 Å². The van der Waals surface area contributed by atoms with Crippen molar-refractivity contribution in [2.24, 2.45) is 7.05 Å². The van der Waals surface area contributed by atoms with Crippen LogP contribution < -0.4 is 5.73 Å². The van der Waals surface area contributed by atoms with Gasteiger partial charge in [0.2, 0.25) is 0 Å². The smallest absolute Gasteiger partial charge is 0.122 e. The summed E-state index contributed by atoms with van der Waals surface area (Å²) in [4.78, 5) is 1.24. The van der Waals surface area contributed by atoms with Gasteiger partial charge in [-0.15, -0.1) is 0 Å². The van der Waals surface area contributed by atoms with Gasteiger partial charge in [-0.1, -0.05) is 42.8 Å². The fraction of sp³-hybridized carbons (Fsp3) is 0.400. The fourth-order valence-electron chi connectivity index (χ4n) is 2.14. The van der Waals surface area contributed by atoms with Gasteiger partial charge in [-0.25, -0.2) is 0 Å². The predicted octanol–water partition coefficient (Wildman–Crippen LogP) is 3.72. The molecule has 0 bridgehead atoms. The van der Waals surface area contributed by atoms with Gasteiger partial charge >= 0.3 is 0 Å². The maximum absolute atomic E-state index is 6.21. The van der Waals surface area contributed by atoms with Crippen LogP contribution in [0.15, 0.2) is 28.1 Å². The van der Waals surface area contributed by atoms with Crippen LogP contribution in [-0.2, 0) is 13.5 Å². The summed E-state index contributed by atoms with van der Waals surface area (Å²) in [6.07, 6.45) is 2.00. The van der Waals surface area contributed by atoms with Crippen LogP contribution in [0.4, 0.5) is 5.69 Å². The lowest BCUT2D eigenvalue weighted by atomic mass is 10.2. The summed E-state index contributed by atoms with van der Waals surface area (Å²) < 4.78 is 1.89. The third kappa shape index (κ3) is 2.95. The lowest BCUT2D eigenvalue weighted by molar-refractivity contribution is 0.681. The van der Waals surface area contributed by atoms with Crippen LogP contribution in [0, 0.1) is 13.8 Å². The quantitative estimate of drug-likeness (QED) is 0.924. The maximum Gasteiger partial charge on any atom is 0.122 e. The number of anilines is 1. The molecule has 0 saturated heterocycles. The summed E-state index contributed by atoms with van der Waals surface area (Å²) in [7, 11) is 1.96. The highest BCUT2D eigenvalue weighted by Crippen LogP contribution is 2.35. The Morgan fingerprint density at radius 1 is 1.32 bits per heavy atom. The van der Waals surface area contributed by atoms with Crippen LogP contribution in [0.3, 0.4) is 0 Å². The van der Waals surface area contributed by atoms with Gasteiger partial charge in [0.1, 0.15) is 5.03 Å². The standard InChI is InChI=1S/C15H21N3S/c1-5-6-12-14(16)15(18(4)17-12)19-13-8-7-10(2)9-11(13)3/h7-9H,5-6,16H2,1-4H3. The molecule has 0 saturated carbocycles. The Morgan fingerprint density at radius 3 is 2.68 bits per heavy atom. The van der Waals surface area contributed by atoms with Gasteiger partial charge in [0.25, 0.3) is 0 Å². The van der Waals surface area contributed by atoms with E-state index in [0.717, 1.165) is 29.2 Å². The van der Waals surface area contributed by atoms with Crippen molar-refractivity contribution in [3.8, 4) is 0 Å². The molecule has 1 heterocycles. The fourth-order valence-corrected chi connectivity index (χ4v) is 3.10. The SMILES string of the molecule is CCCc1nn(C)c(Sc2ccc(C)cc2C)c1N. The molecular formula is C15H21N3S. The molecule has 0 unspecified atom stereocenters. The van der Waals surface area contributed by atoms with Crippen molar-refractivity contribution < 1.29 is 0 Å². The van der Waals surface area contributed by atoms with E-state index >= 15 is 0 Å². The van der Waals surface area contributed by atoms with Crippen LogP contribution in [0.2, 0.25) is 0 Å². The van der Waals surface area contributed by atoms with Crippen molar-refractivity contribution in [2.45, 2.75) is 43.5 Å². The Kier molecular flexibility index (Phi) is 4.20. The molecule has 102 valence electrons. The lowest BCUT2D eigenvalue weighted by Gasteiger charge is -2.07. The van der Waals surface area contributed by atoms with Gasteiger partial charge in [0, 0.05) is 11.9 Å². The Hall–Kier alpha value is -1.42. The number of rotatable bonds is 4. The van der Waals surface area contributed by atoms with Gasteiger partial charge in [-0.3, -0.25) is 4.68 Å². The first kappa shape index (κ1) is 14.0. The molecular weight excluding hydrogens is 254 g/mol. The third-order valence-corrected chi connectivity index (χ3v) is 4.49. The van der Waals surface area contributed by atoms with E-state index in [1.54, 1.807) is 11.8 Å². The average Bonchev–Trinajstić information content (AvgIpc) is 2.60. The highest BCUT2D eigenvalue weighted by Gasteiger charge is 2.14. The normalized spacial score (nSPS) is 10.9. The summed E-state index contributed by atoms with van der Waals surface area (Å²) in [5, 5.41) is 5.55. The van der Waals surface area contributed by atoms with Crippen LogP contribution in [-0.4, -0.2) is 9.78 Å². The minimum atomic E-state index is 0.828. The van der Waals surface area contributed by atoms with Crippen molar-refractivity contribution in [3.05, 3.63) is 35.0 Å². The number of hydrogen-bond donors (Lipinski definition) is 1. The molecule has 0 spiro atoms. The molecule has 1 aromatic heterocycles. The second-order valence-electron chi connectivity index (χ2n) is 4.91. The van der Waals surface area contributed by atoms with Crippen molar-refractivity contribution in [3.63, 3.8) is 0 Å². The first-order valence-corrected chi connectivity index (χ1v) is 7.41. The van der Waals surface area contributed by atoms with Crippen molar-refractivity contribution in [1.82, 2.24) is 9.78 Å². The molecule has 2 aromatic rings. The third-order valence-electron chi connectivity index (χ3n) is 3.13. The van der Waals surface area contributed by atoms with Gasteiger partial charge in [-0.05, 0) is 31.9 Å². The topological polar surface area (TPSA) is 43.8 Å². The summed E-state index contributed by atoms with van der Waals surface area (Å²) in [5.41, 5.74) is 10.6. The zero-order valence-electron chi connectivity index (χ0n) is 12.0. The monoisotopic (exact) mass is 275 g/mol. The van der Waals surface area contributed by atoms with Gasteiger partial charge in [0.05, 0.1) is 11.4 Å². The largest absolute Gasteiger partial charge is 0.395 e. The second-order valence-corrected chi connectivity index (χ2v) is 5.94. The van der Waals surface area contributed by atoms with Gasteiger partial charge in [-0.2, -0.15) is 5.10 Å². The number of nitrogens with two attached hydrogens (primary N) is 1. The molecule has 0 radical (unpaired) electrons. The summed E-state index contributed by atoms with van der Waals surface area (Å²) in [6.45, 7) is 6.39. The molecule has 2 rings (SSSR count). The zero-order chi connectivity index (χ0) is 14.0. The number of aryl methyl sites for hydroxylation is 4. The Labute approximate surface area is 119 Å². The molecule has 2 N–H and O–H groups in total. The van der Waals surface area contributed by atoms with E-state index in [1.807, 2.05) is 11.7 Å². The van der Waals surface area contributed by atoms with Crippen molar-refractivity contribution in [2.75, 3.05) is 5.73 Å². The first-order valence-electron chi connectivity index (χ1n) is 6.59. The Balaban J connectivity index is 2.33. The number of nitrogen functional groups attached to an aromatic ring is 1. The molecule has 0 amide bonds. The molecule has 0 aliphatic heterocycles. The van der Waals surface area contributed by atoms with E-state index < -0.39 is 0 Å². The highest BCUT2D eigenvalue weighted by atomic mass is 32.2. The first-order chi connectivity index (χ1) is 9.02. The van der Waals surface area contributed by atoms with Crippen LogP contribution >= 0.6 is 11.8 Å². The van der Waals surface area contributed by atoms with E-state index in [-0.39, 0.29) is 0 Å². The van der Waals surface area contributed by atoms with E-state index in [0.29, 0.717) is 0 Å². The molecule has 0 aliphatic rings. The van der Waals surface area contributed by atoms with Crippen molar-refractivity contribution in [1.29, 1.82) is 0 Å². The molecule has 19 heavy (non-hydrogen) atoms. The molecule has 3 nitrogen and oxygen atoms in total. The number of nitrogens with zero attached hydrogens (tertiary/aromatic N) is 2. The summed E-state index contributed by atoms with van der Waals surface area (Å²) in [6, 6.07) is 6.48. The van der Waals surface area contributed by atoms with Gasteiger partial charge < -0.3 is 5.73 Å². The summed E-state index contributed by atoms with van der Waals surface area (Å²) in [5.74, 6) is 0. The predicted molar refractivity (Wildman–Crippen MR) is 81.7 cm³/mol. The summed E-state index contributed by atoms with van der Waals surface area (Å²) >= 11 is 1.70. The molecule has 0 aliphatic carbocycles. The second kappa shape index (κ2) is 5.70. The maximum atomic E-state index is 6.21. The zero-order valence-corrected chi connectivity index (χ0v) is 12.8. The van der Waals surface area contributed by atoms with Gasteiger partial charge in [0.15, 0.2) is 0 Å². The number of aromatic nitrogens is 2. The molecule has 4 heteroatoms. The number of hydrogen-bond acceptors (Lipinski definition) is 3. The Bertz CT molecular complexity index is 587. The van der Waals surface area contributed by atoms with E-state index in [2.05, 4.69) is 44.1 Å². The number of benzene rings is 1. The minimum absolute atomic E-state index is 0.828. The average molecular weight is 275 g/mol.